The molecule has 0 aromatic heterocycles. The van der Waals surface area contributed by atoms with E-state index in [9.17, 15) is 19.7 Å². The van der Waals surface area contributed by atoms with Crippen LogP contribution in [0.3, 0.4) is 0 Å². The van der Waals surface area contributed by atoms with Crippen LogP contribution in [0.4, 0.5) is 11.4 Å². The largest absolute Gasteiger partial charge is 0.481 e. The fourth-order valence-electron chi connectivity index (χ4n) is 3.35. The van der Waals surface area contributed by atoms with Gasteiger partial charge in [-0.1, -0.05) is 42.5 Å². The number of non-ortho nitro benzene ring substituents is 1. The van der Waals surface area contributed by atoms with E-state index in [1.807, 2.05) is 24.3 Å². The van der Waals surface area contributed by atoms with Crippen molar-refractivity contribution in [3.05, 3.63) is 82.9 Å². The number of nitro groups is 1. The van der Waals surface area contributed by atoms with Crippen LogP contribution in [-0.4, -0.2) is 44.3 Å². The lowest BCUT2D eigenvalue weighted by Gasteiger charge is -2.09. The molecule has 0 heterocycles. The zero-order valence-corrected chi connectivity index (χ0v) is 19.6. The first kappa shape index (κ1) is 25.8. The highest BCUT2D eigenvalue weighted by Crippen LogP contribution is 2.33. The van der Waals surface area contributed by atoms with E-state index in [0.29, 0.717) is 28.0 Å². The molecular weight excluding hydrogens is 468 g/mol. The number of anilines is 1. The number of methoxy groups -OCH3 is 2. The lowest BCUT2D eigenvalue weighted by molar-refractivity contribution is -0.383. The number of esters is 2. The van der Waals surface area contributed by atoms with E-state index in [-0.39, 0.29) is 18.9 Å². The molecule has 0 unspecified atom stereocenters. The minimum Gasteiger partial charge on any atom is -0.481 e. The van der Waals surface area contributed by atoms with Crippen molar-refractivity contribution < 1.29 is 33.5 Å². The number of carbonyl (C=O) groups is 2. The Labute approximate surface area is 206 Å². The van der Waals surface area contributed by atoms with Crippen LogP contribution in [-0.2, 0) is 19.1 Å². The van der Waals surface area contributed by atoms with Gasteiger partial charge in [-0.05, 0) is 24.3 Å². The van der Waals surface area contributed by atoms with E-state index in [4.69, 9.17) is 15.2 Å². The van der Waals surface area contributed by atoms with Crippen LogP contribution in [0.15, 0.2) is 72.8 Å². The van der Waals surface area contributed by atoms with Gasteiger partial charge in [-0.2, -0.15) is 0 Å². The molecule has 0 aliphatic heterocycles. The highest BCUT2D eigenvalue weighted by atomic mass is 16.6. The average Bonchev–Trinajstić information content (AvgIpc) is 2.91. The Bertz CT molecular complexity index is 1400. The van der Waals surface area contributed by atoms with Crippen molar-refractivity contribution >= 4 is 44.9 Å². The van der Waals surface area contributed by atoms with Crippen LogP contribution in [0, 0.1) is 10.1 Å². The summed E-state index contributed by atoms with van der Waals surface area (Å²) < 4.78 is 19.7. The third-order valence-corrected chi connectivity index (χ3v) is 5.12. The van der Waals surface area contributed by atoms with E-state index >= 15 is 0 Å². The van der Waals surface area contributed by atoms with Gasteiger partial charge in [0.2, 0.25) is 0 Å². The Morgan fingerprint density at radius 3 is 1.67 bits per heavy atom. The van der Waals surface area contributed by atoms with Crippen LogP contribution < -0.4 is 15.2 Å². The smallest absolute Gasteiger partial charge is 0.343 e. The molecule has 2 N–H and O–H groups in total. The van der Waals surface area contributed by atoms with E-state index in [1.165, 1.54) is 26.4 Å². The number of ether oxygens (including phenoxy) is 4. The molecule has 0 saturated carbocycles. The van der Waals surface area contributed by atoms with Crippen molar-refractivity contribution in [2.45, 2.75) is 0 Å². The second-order valence-corrected chi connectivity index (χ2v) is 7.31. The first-order valence-corrected chi connectivity index (χ1v) is 10.7. The van der Waals surface area contributed by atoms with Crippen molar-refractivity contribution in [3.63, 3.8) is 0 Å². The summed E-state index contributed by atoms with van der Waals surface area (Å²) in [6.45, 7) is -0.345. The normalized spacial score (nSPS) is 10.2. The number of nitro benzene ring substituents is 1. The maximum absolute atomic E-state index is 11.0. The minimum absolute atomic E-state index is 0.000943. The first-order valence-electron chi connectivity index (χ1n) is 10.7. The molecule has 0 fully saturated rings. The number of hydrogen-bond donors (Lipinski definition) is 1. The number of rotatable bonds is 7. The molecule has 10 nitrogen and oxygen atoms in total. The molecule has 0 atom stereocenters. The van der Waals surface area contributed by atoms with Crippen molar-refractivity contribution in [2.24, 2.45) is 0 Å². The molecule has 0 radical (unpaired) electrons. The Kier molecular flexibility index (Phi) is 8.60. The zero-order chi connectivity index (χ0) is 26.1. The van der Waals surface area contributed by atoms with Crippen LogP contribution in [0.2, 0.25) is 0 Å². The van der Waals surface area contributed by atoms with Crippen molar-refractivity contribution in [1.29, 1.82) is 0 Å². The van der Waals surface area contributed by atoms with E-state index < -0.39 is 16.9 Å². The molecule has 4 aromatic carbocycles. The first-order chi connectivity index (χ1) is 17.3. The second-order valence-electron chi connectivity index (χ2n) is 7.31. The fourth-order valence-corrected chi connectivity index (χ4v) is 3.35. The molecule has 4 rings (SSSR count). The molecule has 10 heteroatoms. The molecule has 0 spiro atoms. The minimum atomic E-state index is -0.512. The number of nitrogens with zero attached hydrogens (tertiary/aromatic N) is 1. The van der Waals surface area contributed by atoms with Gasteiger partial charge in [0.1, 0.15) is 11.5 Å². The van der Waals surface area contributed by atoms with Gasteiger partial charge in [-0.15, -0.1) is 0 Å². The lowest BCUT2D eigenvalue weighted by Crippen LogP contribution is -2.12. The zero-order valence-electron chi connectivity index (χ0n) is 19.6. The highest BCUT2D eigenvalue weighted by molar-refractivity contribution is 5.97. The SMILES string of the molecule is COC(=O)COc1ccc(N)c2ccccc12.COC(=O)COc1ccc([N+](=O)[O-])c2ccccc12. The van der Waals surface area contributed by atoms with Crippen LogP contribution >= 0.6 is 0 Å². The Morgan fingerprint density at radius 2 is 1.17 bits per heavy atom. The summed E-state index contributed by atoms with van der Waals surface area (Å²) in [5.41, 5.74) is 6.55. The van der Waals surface area contributed by atoms with Crippen LogP contribution in [0.1, 0.15) is 0 Å². The third-order valence-electron chi connectivity index (χ3n) is 5.12. The molecule has 0 saturated heterocycles. The summed E-state index contributed by atoms with van der Waals surface area (Å²) in [6.07, 6.45) is 0. The molecule has 0 aliphatic rings. The summed E-state index contributed by atoms with van der Waals surface area (Å²) in [7, 11) is 2.59. The monoisotopic (exact) mass is 492 g/mol. The van der Waals surface area contributed by atoms with Crippen molar-refractivity contribution in [2.75, 3.05) is 33.2 Å². The van der Waals surface area contributed by atoms with Gasteiger partial charge in [0, 0.05) is 27.9 Å². The molecule has 36 heavy (non-hydrogen) atoms. The van der Waals surface area contributed by atoms with Gasteiger partial charge in [0.05, 0.1) is 24.5 Å². The Balaban J connectivity index is 0.000000202. The van der Waals surface area contributed by atoms with Gasteiger partial charge in [-0.3, -0.25) is 10.1 Å². The highest BCUT2D eigenvalue weighted by Gasteiger charge is 2.15. The van der Waals surface area contributed by atoms with Crippen LogP contribution in [0.5, 0.6) is 11.5 Å². The second kappa shape index (κ2) is 12.0. The molecule has 186 valence electrons. The van der Waals surface area contributed by atoms with E-state index in [2.05, 4.69) is 9.47 Å². The molecule has 0 amide bonds. The fraction of sp³-hybridized carbons (Fsp3) is 0.154. The standard InChI is InChI=1S/C13H11NO5.C13H13NO3/c1-18-13(15)8-19-12-7-6-11(14(16)17)9-4-2-3-5-10(9)12;1-16-13(15)8-17-12-7-6-11(14)9-4-2-3-5-10(9)12/h2-7H,8H2,1H3;2-7H,8,14H2,1H3. The van der Waals surface area contributed by atoms with Gasteiger partial charge in [0.25, 0.3) is 5.69 Å². The maximum atomic E-state index is 11.0. The number of nitrogens with two attached hydrogens (primary N) is 1. The molecule has 0 aliphatic carbocycles. The van der Waals surface area contributed by atoms with Gasteiger partial charge < -0.3 is 24.7 Å². The van der Waals surface area contributed by atoms with Gasteiger partial charge >= 0.3 is 11.9 Å². The predicted octanol–water partition coefficient (Wildman–Crippen LogP) is 4.27. The van der Waals surface area contributed by atoms with E-state index in [0.717, 1.165) is 10.8 Å². The molecule has 4 aromatic rings. The third kappa shape index (κ3) is 6.17. The lowest BCUT2D eigenvalue weighted by atomic mass is 10.1. The quantitative estimate of drug-likeness (QED) is 0.173. The molecule has 0 bridgehead atoms. The van der Waals surface area contributed by atoms with Gasteiger partial charge in [0.15, 0.2) is 13.2 Å². The number of carbonyl (C=O) groups excluding carboxylic acids is 2. The van der Waals surface area contributed by atoms with Crippen molar-refractivity contribution in [3.8, 4) is 11.5 Å². The average molecular weight is 492 g/mol. The predicted molar refractivity (Wildman–Crippen MR) is 134 cm³/mol. The number of nitrogen functional groups attached to an aromatic ring is 1. The Morgan fingerprint density at radius 1 is 0.722 bits per heavy atom. The summed E-state index contributed by atoms with van der Waals surface area (Å²) in [5, 5.41) is 13.8. The maximum Gasteiger partial charge on any atom is 0.343 e. The molecular formula is C26H24N2O8. The van der Waals surface area contributed by atoms with Crippen LogP contribution in [0.25, 0.3) is 21.5 Å². The summed E-state index contributed by atoms with van der Waals surface area (Å²) in [5.74, 6) is 0.111. The van der Waals surface area contributed by atoms with Crippen molar-refractivity contribution in [1.82, 2.24) is 0 Å². The summed E-state index contributed by atoms with van der Waals surface area (Å²) in [6, 6.07) is 20.8. The van der Waals surface area contributed by atoms with Gasteiger partial charge in [-0.25, -0.2) is 9.59 Å². The topological polar surface area (TPSA) is 140 Å². The summed E-state index contributed by atoms with van der Waals surface area (Å²) in [4.78, 5) is 32.5. The number of benzene rings is 4. The number of hydrogen-bond acceptors (Lipinski definition) is 9. The Hall–Kier alpha value is -4.86. The summed E-state index contributed by atoms with van der Waals surface area (Å²) >= 11 is 0. The van der Waals surface area contributed by atoms with E-state index in [1.54, 1.807) is 36.4 Å². The number of fused-ring (bicyclic) bond motifs is 2.